The summed E-state index contributed by atoms with van der Waals surface area (Å²) in [5.74, 6) is 2.30. The molecular weight excluding hydrogens is 340 g/mol. The fourth-order valence-electron chi connectivity index (χ4n) is 4.78. The topological polar surface area (TPSA) is 66.4 Å². The second kappa shape index (κ2) is 7.95. The third-order valence-electron chi connectivity index (χ3n) is 6.55. The van der Waals surface area contributed by atoms with Crippen molar-refractivity contribution in [3.05, 3.63) is 23.3 Å². The fraction of sp³-hybridized carbons (Fsp3) is 0.714. The maximum Gasteiger partial charge on any atom is 0.222 e. The third-order valence-corrected chi connectivity index (χ3v) is 6.55. The van der Waals surface area contributed by atoms with Crippen LogP contribution in [0.1, 0.15) is 74.9 Å². The van der Waals surface area contributed by atoms with Gasteiger partial charge in [-0.25, -0.2) is 9.97 Å². The second-order valence-electron chi connectivity index (χ2n) is 8.41. The quantitative estimate of drug-likeness (QED) is 0.817. The van der Waals surface area contributed by atoms with Crippen LogP contribution in [0.2, 0.25) is 0 Å². The maximum atomic E-state index is 12.6. The zero-order valence-electron chi connectivity index (χ0n) is 16.3. The molecule has 2 fully saturated rings. The van der Waals surface area contributed by atoms with Crippen molar-refractivity contribution in [1.29, 1.82) is 0 Å². The Morgan fingerprint density at radius 1 is 1.15 bits per heavy atom. The molecule has 27 heavy (non-hydrogen) atoms. The summed E-state index contributed by atoms with van der Waals surface area (Å²) in [6, 6.07) is 0. The number of likely N-dealkylation sites (tertiary alicyclic amines) is 1. The minimum absolute atomic E-state index is 0.104. The summed E-state index contributed by atoms with van der Waals surface area (Å²) in [5.41, 5.74) is 2.13. The Kier molecular flexibility index (Phi) is 5.41. The number of carbonyl (C=O) groups excluding carboxylic acids is 2. The van der Waals surface area contributed by atoms with E-state index in [4.69, 9.17) is 4.98 Å². The Labute approximate surface area is 161 Å². The summed E-state index contributed by atoms with van der Waals surface area (Å²) in [5, 5.41) is 0. The van der Waals surface area contributed by atoms with Crippen molar-refractivity contribution in [2.24, 2.45) is 5.92 Å². The van der Waals surface area contributed by atoms with Crippen LogP contribution in [0.5, 0.6) is 0 Å². The molecule has 0 N–H and O–H groups in total. The van der Waals surface area contributed by atoms with Gasteiger partial charge < -0.3 is 9.80 Å². The van der Waals surface area contributed by atoms with Gasteiger partial charge in [0.05, 0.1) is 5.69 Å². The van der Waals surface area contributed by atoms with E-state index in [0.717, 1.165) is 61.9 Å². The van der Waals surface area contributed by atoms with E-state index in [1.165, 1.54) is 25.7 Å². The van der Waals surface area contributed by atoms with Crippen LogP contribution in [-0.2, 0) is 22.6 Å². The average molecular weight is 370 g/mol. The molecule has 0 bridgehead atoms. The van der Waals surface area contributed by atoms with E-state index in [9.17, 15) is 9.59 Å². The summed E-state index contributed by atoms with van der Waals surface area (Å²) in [4.78, 5) is 37.4. The van der Waals surface area contributed by atoms with Gasteiger partial charge in [0.1, 0.15) is 5.82 Å². The van der Waals surface area contributed by atoms with Crippen LogP contribution >= 0.6 is 0 Å². The molecule has 146 valence electrons. The van der Waals surface area contributed by atoms with Gasteiger partial charge in [-0.05, 0) is 18.8 Å². The van der Waals surface area contributed by atoms with E-state index in [1.807, 2.05) is 16.0 Å². The highest BCUT2D eigenvalue weighted by Crippen LogP contribution is 2.30. The summed E-state index contributed by atoms with van der Waals surface area (Å²) in [6.45, 7) is 4.53. The molecule has 4 rings (SSSR count). The molecule has 1 aromatic heterocycles. The van der Waals surface area contributed by atoms with Gasteiger partial charge in [-0.1, -0.05) is 25.7 Å². The molecule has 3 aliphatic rings. The van der Waals surface area contributed by atoms with Crippen LogP contribution in [0.4, 0.5) is 0 Å². The first-order chi connectivity index (χ1) is 13.1. The summed E-state index contributed by atoms with van der Waals surface area (Å²) < 4.78 is 0. The molecule has 6 nitrogen and oxygen atoms in total. The lowest BCUT2D eigenvalue weighted by Crippen LogP contribution is -2.35. The molecule has 1 atom stereocenters. The number of rotatable bonds is 4. The van der Waals surface area contributed by atoms with Crippen LogP contribution in [0.3, 0.4) is 0 Å². The Morgan fingerprint density at radius 2 is 1.96 bits per heavy atom. The van der Waals surface area contributed by atoms with Crippen molar-refractivity contribution in [2.45, 2.75) is 70.8 Å². The summed E-state index contributed by atoms with van der Waals surface area (Å²) in [7, 11) is 0. The molecule has 2 aliphatic heterocycles. The van der Waals surface area contributed by atoms with Gasteiger partial charge in [-0.2, -0.15) is 0 Å². The number of hydrogen-bond donors (Lipinski definition) is 0. The van der Waals surface area contributed by atoms with E-state index < -0.39 is 0 Å². The normalized spacial score (nSPS) is 22.9. The van der Waals surface area contributed by atoms with Crippen molar-refractivity contribution < 1.29 is 9.59 Å². The van der Waals surface area contributed by atoms with Gasteiger partial charge >= 0.3 is 0 Å². The molecule has 3 heterocycles. The molecule has 0 spiro atoms. The van der Waals surface area contributed by atoms with Crippen molar-refractivity contribution in [2.75, 3.05) is 19.6 Å². The molecule has 1 saturated heterocycles. The van der Waals surface area contributed by atoms with Crippen molar-refractivity contribution in [1.82, 2.24) is 19.8 Å². The van der Waals surface area contributed by atoms with Crippen molar-refractivity contribution in [3.63, 3.8) is 0 Å². The molecule has 0 aromatic carbocycles. The number of hydrogen-bond acceptors (Lipinski definition) is 4. The minimum Gasteiger partial charge on any atom is -0.342 e. The molecule has 1 saturated carbocycles. The zero-order chi connectivity index (χ0) is 18.8. The maximum absolute atomic E-state index is 12.6. The van der Waals surface area contributed by atoms with Gasteiger partial charge in [0.2, 0.25) is 11.8 Å². The first kappa shape index (κ1) is 18.4. The highest BCUT2D eigenvalue weighted by Gasteiger charge is 2.30. The van der Waals surface area contributed by atoms with Crippen LogP contribution in [0, 0.1) is 5.92 Å². The minimum atomic E-state index is 0.104. The van der Waals surface area contributed by atoms with Crippen LogP contribution in [0.15, 0.2) is 6.20 Å². The largest absolute Gasteiger partial charge is 0.342 e. The molecule has 0 radical (unpaired) electrons. The lowest BCUT2D eigenvalue weighted by molar-refractivity contribution is -0.131. The lowest BCUT2D eigenvalue weighted by Gasteiger charge is -2.27. The Bertz CT molecular complexity index is 714. The van der Waals surface area contributed by atoms with E-state index in [2.05, 4.69) is 4.98 Å². The Balaban J connectivity index is 1.33. The van der Waals surface area contributed by atoms with E-state index in [0.29, 0.717) is 18.9 Å². The Morgan fingerprint density at radius 3 is 2.74 bits per heavy atom. The fourth-order valence-corrected chi connectivity index (χ4v) is 4.78. The SMILES string of the molecule is CC(=O)N1CCc2nc([C@H]3CCN(C(=O)CCC4CCCC4)C3)ncc2C1. The zero-order valence-corrected chi connectivity index (χ0v) is 16.3. The van der Waals surface area contributed by atoms with Gasteiger partial charge in [0.15, 0.2) is 0 Å². The van der Waals surface area contributed by atoms with Crippen LogP contribution < -0.4 is 0 Å². The van der Waals surface area contributed by atoms with E-state index in [1.54, 1.807) is 6.92 Å². The first-order valence-electron chi connectivity index (χ1n) is 10.5. The highest BCUT2D eigenvalue weighted by molar-refractivity contribution is 5.76. The molecule has 1 aromatic rings. The molecule has 2 amide bonds. The third kappa shape index (κ3) is 4.14. The first-order valence-corrected chi connectivity index (χ1v) is 10.5. The molecule has 0 unspecified atom stereocenters. The smallest absolute Gasteiger partial charge is 0.222 e. The number of fused-ring (bicyclic) bond motifs is 1. The summed E-state index contributed by atoms with van der Waals surface area (Å²) in [6.07, 6.45) is 10.7. The molecule has 6 heteroatoms. The molecular formula is C21H30N4O2. The average Bonchev–Trinajstić information content (AvgIpc) is 3.37. The molecule has 1 aliphatic carbocycles. The number of aromatic nitrogens is 2. The Hall–Kier alpha value is -1.98. The number of nitrogens with zero attached hydrogens (tertiary/aromatic N) is 4. The van der Waals surface area contributed by atoms with Crippen LogP contribution in [-0.4, -0.2) is 51.2 Å². The lowest BCUT2D eigenvalue weighted by atomic mass is 10.0. The number of carbonyl (C=O) groups is 2. The summed E-state index contributed by atoms with van der Waals surface area (Å²) >= 11 is 0. The van der Waals surface area contributed by atoms with E-state index >= 15 is 0 Å². The van der Waals surface area contributed by atoms with Gasteiger partial charge in [0.25, 0.3) is 0 Å². The van der Waals surface area contributed by atoms with Gasteiger partial charge in [0, 0.05) is 63.6 Å². The second-order valence-corrected chi connectivity index (χ2v) is 8.41. The highest BCUT2D eigenvalue weighted by atomic mass is 16.2. The monoisotopic (exact) mass is 370 g/mol. The van der Waals surface area contributed by atoms with E-state index in [-0.39, 0.29) is 11.8 Å². The van der Waals surface area contributed by atoms with Crippen molar-refractivity contribution >= 4 is 11.8 Å². The van der Waals surface area contributed by atoms with Gasteiger partial charge in [-0.15, -0.1) is 0 Å². The number of amides is 2. The predicted molar refractivity (Wildman–Crippen MR) is 102 cm³/mol. The predicted octanol–water partition coefficient (Wildman–Crippen LogP) is 2.67. The van der Waals surface area contributed by atoms with Crippen LogP contribution in [0.25, 0.3) is 0 Å². The van der Waals surface area contributed by atoms with Crippen molar-refractivity contribution in [3.8, 4) is 0 Å². The standard InChI is InChI=1S/C21H30N4O2/c1-15(26)24-11-9-19-18(14-24)12-22-21(23-19)17-8-10-25(13-17)20(27)7-6-16-4-2-3-5-16/h12,16-17H,2-11,13-14H2,1H3/t17-/m0/s1. The van der Waals surface area contributed by atoms with Gasteiger partial charge in [-0.3, -0.25) is 9.59 Å².